The first kappa shape index (κ1) is 16.0. The number of anilines is 1. The lowest BCUT2D eigenvalue weighted by molar-refractivity contribution is -0.142. The van der Waals surface area contributed by atoms with E-state index in [0.717, 1.165) is 18.0 Å². The van der Waals surface area contributed by atoms with Gasteiger partial charge in [-0.2, -0.15) is 18.3 Å². The molecule has 1 amide bonds. The number of carbonyl (C=O) groups excluding carboxylic acids is 1. The van der Waals surface area contributed by atoms with Crippen LogP contribution in [-0.4, -0.2) is 21.9 Å². The molecule has 1 atom stereocenters. The summed E-state index contributed by atoms with van der Waals surface area (Å²) in [6, 6.07) is 8.60. The molecule has 8 heteroatoms. The number of aromatic nitrogens is 2. The van der Waals surface area contributed by atoms with Crippen molar-refractivity contribution in [3.63, 3.8) is 0 Å². The highest BCUT2D eigenvalue weighted by Crippen LogP contribution is 2.19. The lowest BCUT2D eigenvalue weighted by atomic mass is 10.0. The van der Waals surface area contributed by atoms with Gasteiger partial charge >= 0.3 is 6.18 Å². The van der Waals surface area contributed by atoms with Crippen molar-refractivity contribution in [1.82, 2.24) is 9.78 Å². The summed E-state index contributed by atoms with van der Waals surface area (Å²) in [6.07, 6.45) is -2.05. The van der Waals surface area contributed by atoms with Gasteiger partial charge in [-0.15, -0.1) is 0 Å². The molecule has 22 heavy (non-hydrogen) atoms. The molecule has 1 unspecified atom stereocenters. The number of alkyl halides is 3. The van der Waals surface area contributed by atoms with E-state index in [9.17, 15) is 18.0 Å². The Morgan fingerprint density at radius 2 is 2.00 bits per heavy atom. The topological polar surface area (TPSA) is 72.9 Å². The second-order valence-electron chi connectivity index (χ2n) is 4.81. The van der Waals surface area contributed by atoms with E-state index in [4.69, 9.17) is 5.73 Å². The molecule has 2 rings (SSSR count). The minimum atomic E-state index is -4.36. The zero-order valence-electron chi connectivity index (χ0n) is 11.5. The summed E-state index contributed by atoms with van der Waals surface area (Å²) in [5, 5.41) is 6.02. The van der Waals surface area contributed by atoms with E-state index in [1.54, 1.807) is 12.1 Å². The van der Waals surface area contributed by atoms with Crippen LogP contribution in [0.5, 0.6) is 0 Å². The van der Waals surface area contributed by atoms with Gasteiger partial charge in [0.05, 0.1) is 11.9 Å². The molecule has 1 heterocycles. The minimum Gasteiger partial charge on any atom is -0.324 e. The van der Waals surface area contributed by atoms with Crippen LogP contribution < -0.4 is 11.1 Å². The SMILES string of the molecule is NC(CC(=O)Nc1cnn(CC(F)(F)F)c1)c1ccccc1. The van der Waals surface area contributed by atoms with Crippen molar-refractivity contribution in [3.05, 3.63) is 48.3 Å². The van der Waals surface area contributed by atoms with E-state index in [2.05, 4.69) is 10.4 Å². The minimum absolute atomic E-state index is 0.0223. The first-order chi connectivity index (χ1) is 10.3. The normalized spacial score (nSPS) is 12.9. The van der Waals surface area contributed by atoms with Crippen molar-refractivity contribution in [1.29, 1.82) is 0 Å². The van der Waals surface area contributed by atoms with Gasteiger partial charge in [0.1, 0.15) is 6.54 Å². The van der Waals surface area contributed by atoms with Gasteiger partial charge in [0, 0.05) is 18.7 Å². The number of rotatable bonds is 5. The largest absolute Gasteiger partial charge is 0.408 e. The summed E-state index contributed by atoms with van der Waals surface area (Å²) in [6.45, 7) is -1.20. The van der Waals surface area contributed by atoms with Crippen LogP contribution in [0.3, 0.4) is 0 Å². The molecule has 0 fully saturated rings. The molecule has 0 aliphatic carbocycles. The van der Waals surface area contributed by atoms with E-state index in [1.807, 2.05) is 18.2 Å². The predicted octanol–water partition coefficient (Wildman–Crippen LogP) is 2.47. The number of nitrogens with two attached hydrogens (primary N) is 1. The summed E-state index contributed by atoms with van der Waals surface area (Å²) in [4.78, 5) is 11.8. The highest BCUT2D eigenvalue weighted by molar-refractivity contribution is 5.90. The first-order valence-electron chi connectivity index (χ1n) is 6.53. The van der Waals surface area contributed by atoms with E-state index in [1.165, 1.54) is 0 Å². The fourth-order valence-corrected chi connectivity index (χ4v) is 1.93. The number of benzene rings is 1. The summed E-state index contributed by atoms with van der Waals surface area (Å²) in [7, 11) is 0. The van der Waals surface area contributed by atoms with Gasteiger partial charge in [-0.1, -0.05) is 30.3 Å². The van der Waals surface area contributed by atoms with Crippen LogP contribution in [0.25, 0.3) is 0 Å². The van der Waals surface area contributed by atoms with Gasteiger partial charge in [-0.05, 0) is 5.56 Å². The molecule has 0 saturated heterocycles. The lowest BCUT2D eigenvalue weighted by Crippen LogP contribution is -2.20. The van der Waals surface area contributed by atoms with Gasteiger partial charge in [0.25, 0.3) is 0 Å². The van der Waals surface area contributed by atoms with Gasteiger partial charge in [0.2, 0.25) is 5.91 Å². The summed E-state index contributed by atoms with van der Waals surface area (Å²) < 4.78 is 37.3. The Kier molecular flexibility index (Phi) is 4.81. The Balaban J connectivity index is 1.90. The molecule has 2 aromatic rings. The number of hydrogen-bond donors (Lipinski definition) is 2. The van der Waals surface area contributed by atoms with Crippen LogP contribution in [0.4, 0.5) is 18.9 Å². The molecule has 1 aromatic heterocycles. The van der Waals surface area contributed by atoms with Crippen molar-refractivity contribution in [3.8, 4) is 0 Å². The molecule has 3 N–H and O–H groups in total. The molecule has 0 spiro atoms. The molecule has 0 aliphatic heterocycles. The maximum atomic E-state index is 12.2. The Labute approximate surface area is 124 Å². The van der Waals surface area contributed by atoms with E-state index >= 15 is 0 Å². The third-order valence-electron chi connectivity index (χ3n) is 2.89. The van der Waals surface area contributed by atoms with E-state index in [-0.39, 0.29) is 18.0 Å². The number of halogens is 3. The van der Waals surface area contributed by atoms with Crippen LogP contribution in [0.2, 0.25) is 0 Å². The fourth-order valence-electron chi connectivity index (χ4n) is 1.93. The van der Waals surface area contributed by atoms with Crippen LogP contribution in [-0.2, 0) is 11.3 Å². The van der Waals surface area contributed by atoms with Gasteiger partial charge < -0.3 is 11.1 Å². The average molecular weight is 312 g/mol. The van der Waals surface area contributed by atoms with Crippen molar-refractivity contribution in [2.45, 2.75) is 25.2 Å². The molecule has 0 saturated carbocycles. The molecule has 0 radical (unpaired) electrons. The van der Waals surface area contributed by atoms with Gasteiger partial charge in [0.15, 0.2) is 0 Å². The quantitative estimate of drug-likeness (QED) is 0.891. The fraction of sp³-hybridized carbons (Fsp3) is 0.286. The predicted molar refractivity (Wildman–Crippen MR) is 74.9 cm³/mol. The molecule has 1 aromatic carbocycles. The van der Waals surface area contributed by atoms with Crippen molar-refractivity contribution < 1.29 is 18.0 Å². The molecule has 0 aliphatic rings. The van der Waals surface area contributed by atoms with Crippen LogP contribution in [0.15, 0.2) is 42.7 Å². The standard InChI is InChI=1S/C14H15F3N4O/c15-14(16,17)9-21-8-11(7-19-21)20-13(22)6-12(18)10-4-2-1-3-5-10/h1-5,7-8,12H,6,9,18H2,(H,20,22). The van der Waals surface area contributed by atoms with E-state index in [0.29, 0.717) is 4.68 Å². The second-order valence-corrected chi connectivity index (χ2v) is 4.81. The highest BCUT2D eigenvalue weighted by atomic mass is 19.4. The van der Waals surface area contributed by atoms with Crippen molar-refractivity contribution >= 4 is 11.6 Å². The van der Waals surface area contributed by atoms with E-state index < -0.39 is 18.8 Å². The molecular formula is C14H15F3N4O. The number of nitrogens with zero attached hydrogens (tertiary/aromatic N) is 2. The molecule has 0 bridgehead atoms. The maximum absolute atomic E-state index is 12.2. The summed E-state index contributed by atoms with van der Waals surface area (Å²) in [5.74, 6) is -0.386. The third-order valence-corrected chi connectivity index (χ3v) is 2.89. The average Bonchev–Trinajstić information content (AvgIpc) is 2.84. The van der Waals surface area contributed by atoms with Gasteiger partial charge in [-0.25, -0.2) is 0 Å². The first-order valence-corrected chi connectivity index (χ1v) is 6.53. The second kappa shape index (κ2) is 6.61. The Morgan fingerprint density at radius 1 is 1.32 bits per heavy atom. The monoisotopic (exact) mass is 312 g/mol. The summed E-state index contributed by atoms with van der Waals surface area (Å²) >= 11 is 0. The highest BCUT2D eigenvalue weighted by Gasteiger charge is 2.28. The lowest BCUT2D eigenvalue weighted by Gasteiger charge is -2.11. The Bertz CT molecular complexity index is 625. The summed E-state index contributed by atoms with van der Waals surface area (Å²) in [5.41, 5.74) is 6.92. The number of carbonyl (C=O) groups is 1. The van der Waals surface area contributed by atoms with Crippen LogP contribution in [0, 0.1) is 0 Å². The zero-order valence-corrected chi connectivity index (χ0v) is 11.5. The Morgan fingerprint density at radius 3 is 2.64 bits per heavy atom. The van der Waals surface area contributed by atoms with Crippen molar-refractivity contribution in [2.24, 2.45) is 5.73 Å². The smallest absolute Gasteiger partial charge is 0.324 e. The maximum Gasteiger partial charge on any atom is 0.408 e. The van der Waals surface area contributed by atoms with Crippen LogP contribution in [0.1, 0.15) is 18.0 Å². The molecular weight excluding hydrogens is 297 g/mol. The Hall–Kier alpha value is -2.35. The number of nitrogens with one attached hydrogen (secondary N) is 1. The number of hydrogen-bond acceptors (Lipinski definition) is 3. The third kappa shape index (κ3) is 4.88. The number of amides is 1. The van der Waals surface area contributed by atoms with Gasteiger partial charge in [-0.3, -0.25) is 9.48 Å². The molecule has 118 valence electrons. The van der Waals surface area contributed by atoms with Crippen LogP contribution >= 0.6 is 0 Å². The van der Waals surface area contributed by atoms with Crippen molar-refractivity contribution in [2.75, 3.05) is 5.32 Å². The zero-order chi connectivity index (χ0) is 16.2. The molecule has 5 nitrogen and oxygen atoms in total.